The minimum Gasteiger partial charge on any atom is -0.508 e. The summed E-state index contributed by atoms with van der Waals surface area (Å²) >= 11 is 0. The van der Waals surface area contributed by atoms with Crippen LogP contribution in [0.4, 0.5) is 8.78 Å². The van der Waals surface area contributed by atoms with Crippen molar-refractivity contribution >= 4 is 5.91 Å². The topological polar surface area (TPSA) is 58.6 Å². The predicted molar refractivity (Wildman–Crippen MR) is 83.4 cm³/mol. The third kappa shape index (κ3) is 3.54. The van der Waals surface area contributed by atoms with E-state index in [0.29, 0.717) is 24.2 Å². The van der Waals surface area contributed by atoms with E-state index in [0.717, 1.165) is 12.1 Å². The van der Waals surface area contributed by atoms with Crippen LogP contribution >= 0.6 is 0 Å². The molecule has 6 heteroatoms. The Hall–Kier alpha value is -2.47. The molecule has 1 aliphatic heterocycles. The highest BCUT2D eigenvalue weighted by atomic mass is 19.2. The van der Waals surface area contributed by atoms with Crippen LogP contribution in [0.25, 0.3) is 0 Å². The summed E-state index contributed by atoms with van der Waals surface area (Å²) in [5.74, 6) is -2.06. The fourth-order valence-corrected chi connectivity index (χ4v) is 2.85. The fraction of sp³-hybridized carbons (Fsp3) is 0.278. The molecule has 1 amide bonds. The molecule has 3 rings (SSSR count). The molecule has 2 aromatic rings. The van der Waals surface area contributed by atoms with Gasteiger partial charge in [-0.05, 0) is 30.2 Å². The second kappa shape index (κ2) is 6.97. The maximum absolute atomic E-state index is 13.4. The third-order valence-electron chi connectivity index (χ3n) is 4.05. The summed E-state index contributed by atoms with van der Waals surface area (Å²) in [7, 11) is 0. The van der Waals surface area contributed by atoms with Crippen molar-refractivity contribution in [3.8, 4) is 5.75 Å². The van der Waals surface area contributed by atoms with Crippen LogP contribution in [-0.2, 0) is 16.0 Å². The Bertz CT molecular complexity index is 751. The number of halogens is 2. The van der Waals surface area contributed by atoms with Gasteiger partial charge >= 0.3 is 0 Å². The number of aromatic hydroxyl groups is 1. The van der Waals surface area contributed by atoms with E-state index < -0.39 is 17.7 Å². The molecule has 0 unspecified atom stereocenters. The lowest BCUT2D eigenvalue weighted by atomic mass is 10.0. The normalized spacial score (nSPS) is 20.1. The van der Waals surface area contributed by atoms with Gasteiger partial charge in [0.25, 0.3) is 0 Å². The van der Waals surface area contributed by atoms with Crippen LogP contribution in [0.2, 0.25) is 0 Å². The fourth-order valence-electron chi connectivity index (χ4n) is 2.85. The summed E-state index contributed by atoms with van der Waals surface area (Å²) in [5, 5.41) is 12.6. The number of rotatable bonds is 4. The summed E-state index contributed by atoms with van der Waals surface area (Å²) in [4.78, 5) is 12.2. The molecule has 0 spiro atoms. The second-order valence-electron chi connectivity index (χ2n) is 5.73. The molecular formula is C18H17F2NO3. The molecule has 0 radical (unpaired) electrons. The lowest BCUT2D eigenvalue weighted by Gasteiger charge is -2.20. The molecule has 2 atom stereocenters. The van der Waals surface area contributed by atoms with Gasteiger partial charge < -0.3 is 15.2 Å². The number of phenols is 1. The highest BCUT2D eigenvalue weighted by Crippen LogP contribution is 2.30. The van der Waals surface area contributed by atoms with Gasteiger partial charge in [-0.2, -0.15) is 0 Å². The van der Waals surface area contributed by atoms with E-state index in [1.807, 2.05) is 0 Å². The highest BCUT2D eigenvalue weighted by molar-refractivity contribution is 5.79. The summed E-state index contributed by atoms with van der Waals surface area (Å²) in [6.45, 7) is 0.422. The highest BCUT2D eigenvalue weighted by Gasteiger charge is 2.31. The van der Waals surface area contributed by atoms with E-state index in [1.165, 1.54) is 12.1 Å². The molecule has 126 valence electrons. The minimum absolute atomic E-state index is 0.0354. The third-order valence-corrected chi connectivity index (χ3v) is 4.05. The van der Waals surface area contributed by atoms with Gasteiger partial charge in [0.15, 0.2) is 11.6 Å². The van der Waals surface area contributed by atoms with Crippen LogP contribution in [0.1, 0.15) is 23.7 Å². The number of carbonyl (C=O) groups is 1. The van der Waals surface area contributed by atoms with Gasteiger partial charge in [-0.15, -0.1) is 0 Å². The van der Waals surface area contributed by atoms with Crippen LogP contribution < -0.4 is 5.32 Å². The number of carbonyl (C=O) groups excluding carboxylic acids is 1. The summed E-state index contributed by atoms with van der Waals surface area (Å²) in [6, 6.07) is 9.88. The van der Waals surface area contributed by atoms with Crippen molar-refractivity contribution in [3.05, 3.63) is 65.2 Å². The second-order valence-corrected chi connectivity index (χ2v) is 5.73. The number of amides is 1. The van der Waals surface area contributed by atoms with Crippen molar-refractivity contribution in [2.45, 2.75) is 25.0 Å². The van der Waals surface area contributed by atoms with Gasteiger partial charge in [0.2, 0.25) is 5.91 Å². The van der Waals surface area contributed by atoms with Crippen LogP contribution in [0.5, 0.6) is 5.75 Å². The van der Waals surface area contributed by atoms with Crippen molar-refractivity contribution in [3.63, 3.8) is 0 Å². The standard InChI is InChI=1S/C18H17F2NO3/c19-13-6-5-12(9-14(13)20)18-15(7-8-24-18)21-17(23)10-11-3-1-2-4-16(11)22/h1-6,9,15,18,22H,7-8,10H2,(H,21,23)/t15-,18-/m1/s1. The number of ether oxygens (including phenoxy) is 1. The van der Waals surface area contributed by atoms with Crippen molar-refractivity contribution in [1.82, 2.24) is 5.32 Å². The lowest BCUT2D eigenvalue weighted by Crippen LogP contribution is -2.37. The number of hydrogen-bond acceptors (Lipinski definition) is 3. The van der Waals surface area contributed by atoms with Crippen molar-refractivity contribution in [2.75, 3.05) is 6.61 Å². The lowest BCUT2D eigenvalue weighted by molar-refractivity contribution is -0.121. The largest absolute Gasteiger partial charge is 0.508 e. The van der Waals surface area contributed by atoms with Crippen molar-refractivity contribution < 1.29 is 23.4 Å². The Kier molecular flexibility index (Phi) is 4.76. The average Bonchev–Trinajstić information content (AvgIpc) is 3.00. The molecule has 2 aromatic carbocycles. The number of hydrogen-bond donors (Lipinski definition) is 2. The first-order valence-corrected chi connectivity index (χ1v) is 7.67. The van der Waals surface area contributed by atoms with Crippen molar-refractivity contribution in [2.24, 2.45) is 0 Å². The van der Waals surface area contributed by atoms with E-state index >= 15 is 0 Å². The smallest absolute Gasteiger partial charge is 0.224 e. The SMILES string of the molecule is O=C(Cc1ccccc1O)N[C@@H]1CCO[C@@H]1c1ccc(F)c(F)c1. The zero-order valence-corrected chi connectivity index (χ0v) is 12.8. The molecule has 0 saturated carbocycles. The first kappa shape index (κ1) is 16.4. The molecule has 1 heterocycles. The quantitative estimate of drug-likeness (QED) is 0.904. The van der Waals surface area contributed by atoms with Crippen LogP contribution in [0, 0.1) is 11.6 Å². The van der Waals surface area contributed by atoms with E-state index in [9.17, 15) is 18.7 Å². The predicted octanol–water partition coefficient (Wildman–Crippen LogP) is 2.86. The number of benzene rings is 2. The van der Waals surface area contributed by atoms with Gasteiger partial charge in [0.05, 0.1) is 12.5 Å². The molecule has 0 aromatic heterocycles. The molecule has 1 saturated heterocycles. The Morgan fingerprint density at radius 2 is 2.00 bits per heavy atom. The van der Waals surface area contributed by atoms with Gasteiger partial charge in [0.1, 0.15) is 11.9 Å². The Morgan fingerprint density at radius 1 is 1.21 bits per heavy atom. The Labute approximate surface area is 138 Å². The van der Waals surface area contributed by atoms with Crippen LogP contribution in [0.3, 0.4) is 0 Å². The molecule has 2 N–H and O–H groups in total. The van der Waals surface area contributed by atoms with Gasteiger partial charge in [0, 0.05) is 12.2 Å². The zero-order valence-electron chi connectivity index (χ0n) is 12.8. The van der Waals surface area contributed by atoms with E-state index in [1.54, 1.807) is 18.2 Å². The Balaban J connectivity index is 1.68. The average molecular weight is 333 g/mol. The summed E-state index contributed by atoms with van der Waals surface area (Å²) in [5.41, 5.74) is 1.01. The molecule has 4 nitrogen and oxygen atoms in total. The monoisotopic (exact) mass is 333 g/mol. The molecule has 0 bridgehead atoms. The van der Waals surface area contributed by atoms with Gasteiger partial charge in [-0.1, -0.05) is 24.3 Å². The van der Waals surface area contributed by atoms with Crippen molar-refractivity contribution in [1.29, 1.82) is 0 Å². The Morgan fingerprint density at radius 3 is 2.75 bits per heavy atom. The molecule has 24 heavy (non-hydrogen) atoms. The number of para-hydroxylation sites is 1. The molecule has 1 fully saturated rings. The molecular weight excluding hydrogens is 316 g/mol. The van der Waals surface area contributed by atoms with Gasteiger partial charge in [-0.3, -0.25) is 4.79 Å². The maximum Gasteiger partial charge on any atom is 0.224 e. The molecule has 1 aliphatic rings. The summed E-state index contributed by atoms with van der Waals surface area (Å²) in [6.07, 6.45) is 0.0949. The van der Waals surface area contributed by atoms with Crippen LogP contribution in [0.15, 0.2) is 42.5 Å². The number of nitrogens with one attached hydrogen (secondary N) is 1. The van der Waals surface area contributed by atoms with E-state index in [-0.39, 0.29) is 24.1 Å². The molecule has 0 aliphatic carbocycles. The first-order chi connectivity index (χ1) is 11.5. The van der Waals surface area contributed by atoms with Crippen LogP contribution in [-0.4, -0.2) is 23.7 Å². The van der Waals surface area contributed by atoms with E-state index in [2.05, 4.69) is 5.32 Å². The van der Waals surface area contributed by atoms with E-state index in [4.69, 9.17) is 4.74 Å². The first-order valence-electron chi connectivity index (χ1n) is 7.67. The number of phenolic OH excluding ortho intramolecular Hbond substituents is 1. The van der Waals surface area contributed by atoms with Gasteiger partial charge in [-0.25, -0.2) is 8.78 Å². The maximum atomic E-state index is 13.4. The zero-order chi connectivity index (χ0) is 17.1. The summed E-state index contributed by atoms with van der Waals surface area (Å²) < 4.78 is 32.0. The minimum atomic E-state index is -0.942.